The van der Waals surface area contributed by atoms with Crippen LogP contribution in [0.25, 0.3) is 20.7 Å². The van der Waals surface area contributed by atoms with Crippen LogP contribution in [-0.2, 0) is 6.54 Å². The summed E-state index contributed by atoms with van der Waals surface area (Å²) < 4.78 is 1.50. The van der Waals surface area contributed by atoms with Crippen LogP contribution in [-0.4, -0.2) is 31.3 Å². The van der Waals surface area contributed by atoms with E-state index in [-0.39, 0.29) is 40.7 Å². The molecule has 0 saturated heterocycles. The Hall–Kier alpha value is -3.36. The second-order valence-corrected chi connectivity index (χ2v) is 8.68. The van der Waals surface area contributed by atoms with E-state index in [9.17, 15) is 19.8 Å². The molecule has 4 aromatic rings. The van der Waals surface area contributed by atoms with Crippen molar-refractivity contribution >= 4 is 39.1 Å². The molecule has 0 saturated carbocycles. The zero-order valence-corrected chi connectivity index (χ0v) is 17.9. The number of hydrogen-bond acceptors (Lipinski definition) is 7. The number of carbonyl (C=O) groups excluding carboxylic acids is 1. The number of nitrogens with zero attached hydrogens (tertiary/aromatic N) is 2. The summed E-state index contributed by atoms with van der Waals surface area (Å²) >= 11 is 2.58. The summed E-state index contributed by atoms with van der Waals surface area (Å²) in [6, 6.07) is 15.6. The maximum absolute atomic E-state index is 13.1. The van der Waals surface area contributed by atoms with Gasteiger partial charge in [0.05, 0.1) is 11.1 Å². The second-order valence-electron chi connectivity index (χ2n) is 6.71. The molecule has 0 unspecified atom stereocenters. The number of allylic oxidation sites excluding steroid dienone is 1. The maximum atomic E-state index is 13.1. The molecule has 0 fully saturated rings. The van der Waals surface area contributed by atoms with Crippen molar-refractivity contribution in [3.8, 4) is 21.9 Å². The third-order valence-electron chi connectivity index (χ3n) is 4.62. The summed E-state index contributed by atoms with van der Waals surface area (Å²) in [6.07, 6.45) is 1.61. The van der Waals surface area contributed by atoms with Gasteiger partial charge in [-0.25, -0.2) is 4.98 Å². The van der Waals surface area contributed by atoms with E-state index in [1.165, 1.54) is 34.1 Å². The molecule has 156 valence electrons. The van der Waals surface area contributed by atoms with E-state index in [1.807, 2.05) is 36.4 Å². The monoisotopic (exact) mass is 450 g/mol. The number of rotatable bonds is 7. The molecule has 2 heterocycles. The average Bonchev–Trinajstić information content (AvgIpc) is 3.21. The van der Waals surface area contributed by atoms with Crippen molar-refractivity contribution in [3.63, 3.8) is 0 Å². The number of aromatic hydroxyl groups is 2. The number of benzene rings is 2. The van der Waals surface area contributed by atoms with Crippen LogP contribution in [0.2, 0.25) is 0 Å². The van der Waals surface area contributed by atoms with Gasteiger partial charge in [-0.3, -0.25) is 14.2 Å². The van der Waals surface area contributed by atoms with E-state index in [0.717, 1.165) is 22.2 Å². The fourth-order valence-corrected chi connectivity index (χ4v) is 5.03. The van der Waals surface area contributed by atoms with Crippen LogP contribution in [0.1, 0.15) is 10.4 Å². The van der Waals surface area contributed by atoms with E-state index < -0.39 is 0 Å². The van der Waals surface area contributed by atoms with Gasteiger partial charge in [-0.15, -0.1) is 17.9 Å². The van der Waals surface area contributed by atoms with Gasteiger partial charge in [-0.05, 0) is 29.8 Å². The number of phenolic OH excluding ortho intramolecular Hbond substituents is 2. The van der Waals surface area contributed by atoms with Crippen molar-refractivity contribution in [1.82, 2.24) is 9.55 Å². The van der Waals surface area contributed by atoms with Crippen molar-refractivity contribution < 1.29 is 15.0 Å². The highest BCUT2D eigenvalue weighted by molar-refractivity contribution is 7.99. The molecule has 0 spiro atoms. The second kappa shape index (κ2) is 8.79. The van der Waals surface area contributed by atoms with E-state index in [0.29, 0.717) is 15.4 Å². The van der Waals surface area contributed by atoms with Gasteiger partial charge in [0.1, 0.15) is 4.83 Å². The maximum Gasteiger partial charge on any atom is 0.263 e. The molecule has 2 aromatic heterocycles. The quantitative estimate of drug-likeness (QED) is 0.139. The SMILES string of the molecule is C=CCn1c(SCC(=O)c2ccc(O)c(O)c2)nc2sc(-c3ccccc3)cc2c1=O. The Kier molecular flexibility index (Phi) is 5.92. The van der Waals surface area contributed by atoms with Crippen molar-refractivity contribution in [2.75, 3.05) is 5.75 Å². The van der Waals surface area contributed by atoms with Gasteiger partial charge in [0, 0.05) is 17.0 Å². The Morgan fingerprint density at radius 1 is 1.13 bits per heavy atom. The lowest BCUT2D eigenvalue weighted by Gasteiger charge is -2.09. The predicted octanol–water partition coefficient (Wildman–Crippen LogP) is 4.70. The third-order valence-corrected chi connectivity index (χ3v) is 6.67. The van der Waals surface area contributed by atoms with Crippen LogP contribution in [0.3, 0.4) is 0 Å². The molecule has 2 N–H and O–H groups in total. The van der Waals surface area contributed by atoms with Gasteiger partial charge in [-0.2, -0.15) is 0 Å². The van der Waals surface area contributed by atoms with Crippen molar-refractivity contribution in [2.24, 2.45) is 0 Å². The zero-order chi connectivity index (χ0) is 22.0. The smallest absolute Gasteiger partial charge is 0.263 e. The van der Waals surface area contributed by atoms with Crippen molar-refractivity contribution in [2.45, 2.75) is 11.7 Å². The normalized spacial score (nSPS) is 11.0. The first-order valence-electron chi connectivity index (χ1n) is 9.36. The highest BCUT2D eigenvalue weighted by Gasteiger charge is 2.17. The number of fused-ring (bicyclic) bond motifs is 1. The minimum atomic E-state index is -0.356. The molecule has 0 aliphatic heterocycles. The standard InChI is InChI=1S/C23H18N2O4S2/c1-2-10-25-22(29)16-12-20(14-6-4-3-5-7-14)31-21(16)24-23(25)30-13-19(28)15-8-9-17(26)18(27)11-15/h2-9,11-12,26-27H,1,10,13H2. The highest BCUT2D eigenvalue weighted by atomic mass is 32.2. The van der Waals surface area contributed by atoms with Gasteiger partial charge in [0.25, 0.3) is 5.56 Å². The molecule has 2 aromatic carbocycles. The topological polar surface area (TPSA) is 92.4 Å². The van der Waals surface area contributed by atoms with Gasteiger partial charge < -0.3 is 10.2 Å². The number of aromatic nitrogens is 2. The Morgan fingerprint density at radius 3 is 2.61 bits per heavy atom. The number of carbonyl (C=O) groups is 1. The van der Waals surface area contributed by atoms with Gasteiger partial charge in [-0.1, -0.05) is 48.2 Å². The van der Waals surface area contributed by atoms with Gasteiger partial charge in [0.2, 0.25) is 0 Å². The van der Waals surface area contributed by atoms with Gasteiger partial charge in [0.15, 0.2) is 22.4 Å². The Bertz CT molecular complexity index is 1340. The molecule has 8 heteroatoms. The largest absolute Gasteiger partial charge is 0.504 e. The molecule has 4 rings (SSSR count). The molecular formula is C23H18N2O4S2. The minimum Gasteiger partial charge on any atom is -0.504 e. The zero-order valence-electron chi connectivity index (χ0n) is 16.3. The lowest BCUT2D eigenvalue weighted by atomic mass is 10.1. The summed E-state index contributed by atoms with van der Waals surface area (Å²) in [5.74, 6) is -0.874. The number of hydrogen-bond donors (Lipinski definition) is 2. The van der Waals surface area contributed by atoms with E-state index in [2.05, 4.69) is 11.6 Å². The minimum absolute atomic E-state index is 0.0240. The number of ketones is 1. The summed E-state index contributed by atoms with van der Waals surface area (Å²) in [5.41, 5.74) is 1.10. The lowest BCUT2D eigenvalue weighted by Crippen LogP contribution is -2.22. The fourth-order valence-electron chi connectivity index (χ4n) is 3.05. The van der Waals surface area contributed by atoms with E-state index >= 15 is 0 Å². The van der Waals surface area contributed by atoms with Crippen molar-refractivity contribution in [3.05, 3.63) is 83.2 Å². The van der Waals surface area contributed by atoms with Gasteiger partial charge >= 0.3 is 0 Å². The summed E-state index contributed by atoms with van der Waals surface area (Å²) in [5, 5.41) is 20.0. The Morgan fingerprint density at radius 2 is 1.90 bits per heavy atom. The molecule has 0 aliphatic rings. The molecule has 0 atom stereocenters. The number of phenols is 2. The number of thiophene rings is 1. The van der Waals surface area contributed by atoms with Crippen LogP contribution >= 0.6 is 23.1 Å². The molecule has 0 bridgehead atoms. The molecule has 31 heavy (non-hydrogen) atoms. The first-order valence-corrected chi connectivity index (χ1v) is 11.2. The van der Waals surface area contributed by atoms with Crippen LogP contribution in [0.4, 0.5) is 0 Å². The first-order chi connectivity index (χ1) is 15.0. The van der Waals surface area contributed by atoms with Crippen LogP contribution < -0.4 is 5.56 Å². The van der Waals surface area contributed by atoms with Crippen LogP contribution in [0, 0.1) is 0 Å². The van der Waals surface area contributed by atoms with E-state index in [1.54, 1.807) is 6.08 Å². The number of thioether (sulfide) groups is 1. The van der Waals surface area contributed by atoms with E-state index in [4.69, 9.17) is 0 Å². The van der Waals surface area contributed by atoms with Crippen LogP contribution in [0.5, 0.6) is 11.5 Å². The van der Waals surface area contributed by atoms with Crippen molar-refractivity contribution in [1.29, 1.82) is 0 Å². The highest BCUT2D eigenvalue weighted by Crippen LogP contribution is 2.32. The molecule has 0 amide bonds. The summed E-state index contributed by atoms with van der Waals surface area (Å²) in [7, 11) is 0. The summed E-state index contributed by atoms with van der Waals surface area (Å²) in [4.78, 5) is 31.9. The fraction of sp³-hybridized carbons (Fsp3) is 0.0870. The molecule has 0 aliphatic carbocycles. The lowest BCUT2D eigenvalue weighted by molar-refractivity contribution is 0.102. The number of Topliss-reactive ketones (excluding diaryl/α,β-unsaturated/α-hetero) is 1. The Balaban J connectivity index is 1.68. The third kappa shape index (κ3) is 4.26. The Labute approximate surface area is 186 Å². The summed E-state index contributed by atoms with van der Waals surface area (Å²) in [6.45, 7) is 3.99. The molecule has 0 radical (unpaired) electrons. The van der Waals surface area contributed by atoms with Crippen LogP contribution in [0.15, 0.2) is 77.2 Å². The molecule has 6 nitrogen and oxygen atoms in total. The average molecular weight is 451 g/mol. The predicted molar refractivity (Wildman–Crippen MR) is 124 cm³/mol. The molecular weight excluding hydrogens is 432 g/mol. The first kappa shape index (κ1) is 20.9.